The molecule has 0 aromatic heterocycles. The first-order valence-electron chi connectivity index (χ1n) is 8.99. The van der Waals surface area contributed by atoms with E-state index in [1.54, 1.807) is 12.1 Å². The molecule has 0 unspecified atom stereocenters. The number of carbonyl (C=O) groups is 3. The highest BCUT2D eigenvalue weighted by Crippen LogP contribution is 2.24. The van der Waals surface area contributed by atoms with E-state index in [4.69, 9.17) is 0 Å². The zero-order valence-electron chi connectivity index (χ0n) is 16.5. The van der Waals surface area contributed by atoms with Gasteiger partial charge in [-0.2, -0.15) is 0 Å². The van der Waals surface area contributed by atoms with Crippen molar-refractivity contribution in [2.75, 3.05) is 20.6 Å². The summed E-state index contributed by atoms with van der Waals surface area (Å²) in [5.41, 5.74) is -0.245. The quantitative estimate of drug-likeness (QED) is 0.611. The average Bonchev–Trinajstić information content (AvgIpc) is 2.91. The molecule has 1 aliphatic heterocycles. The second-order valence-corrected chi connectivity index (χ2v) is 8.97. The maximum Gasteiger partial charge on any atom is 0.325 e. The summed E-state index contributed by atoms with van der Waals surface area (Å²) in [5.74, 6) is -0.868. The van der Waals surface area contributed by atoms with E-state index in [1.165, 1.54) is 26.2 Å². The first kappa shape index (κ1) is 21.8. The summed E-state index contributed by atoms with van der Waals surface area (Å²) in [6.45, 7) is 3.41. The number of nitrogens with one attached hydrogen (secondary N) is 2. The monoisotopic (exact) mass is 410 g/mol. The Labute approximate surface area is 165 Å². The number of nitrogens with zero attached hydrogens (tertiary/aromatic N) is 2. The highest BCUT2D eigenvalue weighted by atomic mass is 32.2. The summed E-state index contributed by atoms with van der Waals surface area (Å²) in [6, 6.07) is 5.56. The number of benzene rings is 1. The van der Waals surface area contributed by atoms with Gasteiger partial charge in [-0.3, -0.25) is 14.5 Å². The van der Waals surface area contributed by atoms with Crippen molar-refractivity contribution in [3.05, 3.63) is 29.8 Å². The Hall–Kier alpha value is -2.46. The zero-order valence-corrected chi connectivity index (χ0v) is 17.3. The van der Waals surface area contributed by atoms with Crippen LogP contribution in [-0.2, 0) is 26.2 Å². The zero-order chi connectivity index (χ0) is 21.1. The predicted molar refractivity (Wildman–Crippen MR) is 103 cm³/mol. The molecular weight excluding hydrogens is 384 g/mol. The molecule has 1 fully saturated rings. The lowest BCUT2D eigenvalue weighted by atomic mass is 9.93. The summed E-state index contributed by atoms with van der Waals surface area (Å²) in [7, 11) is -0.613. The number of hydrogen-bond acceptors (Lipinski definition) is 5. The van der Waals surface area contributed by atoms with Gasteiger partial charge in [-0.05, 0) is 30.5 Å². The van der Waals surface area contributed by atoms with Crippen LogP contribution in [0, 0.1) is 0 Å². The van der Waals surface area contributed by atoms with Crippen LogP contribution in [0.5, 0.6) is 0 Å². The molecule has 9 nitrogen and oxygen atoms in total. The van der Waals surface area contributed by atoms with Crippen LogP contribution in [0.1, 0.15) is 32.3 Å². The molecule has 0 radical (unpaired) electrons. The van der Waals surface area contributed by atoms with Gasteiger partial charge in [0.05, 0.1) is 4.90 Å². The number of sulfonamides is 1. The molecule has 1 aromatic rings. The van der Waals surface area contributed by atoms with Crippen LogP contribution in [0.3, 0.4) is 0 Å². The Kier molecular flexibility index (Phi) is 6.45. The molecule has 1 aliphatic rings. The fourth-order valence-corrected chi connectivity index (χ4v) is 3.84. The molecule has 10 heteroatoms. The van der Waals surface area contributed by atoms with Gasteiger partial charge in [0.15, 0.2) is 0 Å². The van der Waals surface area contributed by atoms with E-state index < -0.39 is 33.4 Å². The van der Waals surface area contributed by atoms with Crippen LogP contribution in [0.2, 0.25) is 0 Å². The molecule has 1 heterocycles. The standard InChI is InChI=1S/C18H26N4O5S/c1-5-18(6-2)16(24)22(17(25)20-18)12-15(23)19-11-13-7-9-14(10-8-13)28(26,27)21(3)4/h7-10H,5-6,11-12H2,1-4H3,(H,19,23)(H,20,25). The summed E-state index contributed by atoms with van der Waals surface area (Å²) in [4.78, 5) is 37.8. The summed E-state index contributed by atoms with van der Waals surface area (Å²) in [6.07, 6.45) is 0.906. The van der Waals surface area contributed by atoms with Crippen molar-refractivity contribution in [2.45, 2.75) is 43.7 Å². The maximum absolute atomic E-state index is 12.5. The van der Waals surface area contributed by atoms with Crippen molar-refractivity contribution in [2.24, 2.45) is 0 Å². The SMILES string of the molecule is CCC1(CC)NC(=O)N(CC(=O)NCc2ccc(S(=O)(=O)N(C)C)cc2)C1=O. The van der Waals surface area contributed by atoms with Crippen molar-refractivity contribution >= 4 is 27.9 Å². The van der Waals surface area contributed by atoms with E-state index in [1.807, 2.05) is 13.8 Å². The van der Waals surface area contributed by atoms with Gasteiger partial charge in [0, 0.05) is 20.6 Å². The minimum Gasteiger partial charge on any atom is -0.350 e. The predicted octanol–water partition coefficient (Wildman–Crippen LogP) is 0.664. The molecule has 4 amide bonds. The van der Waals surface area contributed by atoms with E-state index in [9.17, 15) is 22.8 Å². The van der Waals surface area contributed by atoms with Gasteiger partial charge in [-0.15, -0.1) is 0 Å². The largest absolute Gasteiger partial charge is 0.350 e. The van der Waals surface area contributed by atoms with E-state index in [0.717, 1.165) is 9.21 Å². The van der Waals surface area contributed by atoms with Crippen LogP contribution in [0.15, 0.2) is 29.2 Å². The fraction of sp³-hybridized carbons (Fsp3) is 0.500. The third-order valence-electron chi connectivity index (χ3n) is 4.95. The third-order valence-corrected chi connectivity index (χ3v) is 6.78. The Morgan fingerprint density at radius 1 is 1.14 bits per heavy atom. The lowest BCUT2D eigenvalue weighted by Crippen LogP contribution is -2.46. The molecule has 0 aliphatic carbocycles. The van der Waals surface area contributed by atoms with Crippen LogP contribution < -0.4 is 10.6 Å². The Morgan fingerprint density at radius 2 is 1.71 bits per heavy atom. The Morgan fingerprint density at radius 3 is 2.18 bits per heavy atom. The molecule has 0 spiro atoms. The fourth-order valence-electron chi connectivity index (χ4n) is 2.94. The van der Waals surface area contributed by atoms with Crippen molar-refractivity contribution in [3.8, 4) is 0 Å². The van der Waals surface area contributed by atoms with Crippen LogP contribution in [0.25, 0.3) is 0 Å². The highest BCUT2D eigenvalue weighted by Gasteiger charge is 2.49. The molecule has 2 N–H and O–H groups in total. The summed E-state index contributed by atoms with van der Waals surface area (Å²) < 4.78 is 25.2. The molecule has 28 heavy (non-hydrogen) atoms. The molecule has 154 valence electrons. The van der Waals surface area contributed by atoms with Crippen LogP contribution in [-0.4, -0.2) is 61.6 Å². The first-order chi connectivity index (χ1) is 13.1. The first-order valence-corrected chi connectivity index (χ1v) is 10.4. The molecular formula is C18H26N4O5S. The van der Waals surface area contributed by atoms with Crippen molar-refractivity contribution in [3.63, 3.8) is 0 Å². The van der Waals surface area contributed by atoms with Crippen LogP contribution >= 0.6 is 0 Å². The van der Waals surface area contributed by atoms with E-state index in [0.29, 0.717) is 18.4 Å². The number of urea groups is 1. The topological polar surface area (TPSA) is 116 Å². The number of imide groups is 1. The summed E-state index contributed by atoms with van der Waals surface area (Å²) >= 11 is 0. The van der Waals surface area contributed by atoms with E-state index in [2.05, 4.69) is 10.6 Å². The van der Waals surface area contributed by atoms with Gasteiger partial charge < -0.3 is 10.6 Å². The molecule has 0 bridgehead atoms. The molecule has 0 atom stereocenters. The van der Waals surface area contributed by atoms with Crippen molar-refractivity contribution in [1.29, 1.82) is 0 Å². The number of rotatable bonds is 8. The summed E-state index contributed by atoms with van der Waals surface area (Å²) in [5, 5.41) is 5.31. The minimum absolute atomic E-state index is 0.150. The third kappa shape index (κ3) is 4.17. The number of amides is 4. The van der Waals surface area contributed by atoms with Gasteiger partial charge in [-0.1, -0.05) is 26.0 Å². The van der Waals surface area contributed by atoms with E-state index >= 15 is 0 Å². The Balaban J connectivity index is 1.96. The van der Waals surface area contributed by atoms with E-state index in [-0.39, 0.29) is 18.0 Å². The normalized spacial score (nSPS) is 16.4. The average molecular weight is 410 g/mol. The second-order valence-electron chi connectivity index (χ2n) is 6.82. The van der Waals surface area contributed by atoms with Crippen molar-refractivity contribution in [1.82, 2.24) is 19.8 Å². The molecule has 1 aromatic carbocycles. The van der Waals surface area contributed by atoms with Crippen molar-refractivity contribution < 1.29 is 22.8 Å². The lowest BCUT2D eigenvalue weighted by Gasteiger charge is -2.23. The molecule has 1 saturated heterocycles. The van der Waals surface area contributed by atoms with Gasteiger partial charge in [-0.25, -0.2) is 17.5 Å². The van der Waals surface area contributed by atoms with Gasteiger partial charge >= 0.3 is 6.03 Å². The second kappa shape index (κ2) is 8.27. The van der Waals surface area contributed by atoms with Gasteiger partial charge in [0.2, 0.25) is 15.9 Å². The molecule has 0 saturated carbocycles. The number of carbonyl (C=O) groups excluding carboxylic acids is 3. The molecule has 2 rings (SSSR count). The lowest BCUT2D eigenvalue weighted by molar-refractivity contribution is -0.135. The number of hydrogen-bond donors (Lipinski definition) is 2. The van der Waals surface area contributed by atoms with Gasteiger partial charge in [0.25, 0.3) is 5.91 Å². The maximum atomic E-state index is 12.5. The Bertz CT molecular complexity index is 860. The highest BCUT2D eigenvalue weighted by molar-refractivity contribution is 7.89. The minimum atomic E-state index is -3.51. The van der Waals surface area contributed by atoms with Gasteiger partial charge in [0.1, 0.15) is 12.1 Å². The smallest absolute Gasteiger partial charge is 0.325 e. The van der Waals surface area contributed by atoms with Crippen LogP contribution in [0.4, 0.5) is 4.79 Å².